The normalized spacial score (nSPS) is 10.8. The quantitative estimate of drug-likeness (QED) is 0.776. The van der Waals surface area contributed by atoms with E-state index in [1.54, 1.807) is 0 Å². The van der Waals surface area contributed by atoms with Gasteiger partial charge in [-0.1, -0.05) is 18.2 Å². The monoisotopic (exact) mass is 284 g/mol. The van der Waals surface area contributed by atoms with Crippen LogP contribution in [-0.2, 0) is 6.54 Å². The Labute approximate surface area is 122 Å². The second-order valence-corrected chi connectivity index (χ2v) is 4.47. The minimum atomic E-state index is 0.192. The number of ether oxygens (including phenoxy) is 2. The number of para-hydroxylation sites is 2. The van der Waals surface area contributed by atoms with Crippen molar-refractivity contribution in [3.05, 3.63) is 48.0 Å². The lowest BCUT2D eigenvalue weighted by Gasteiger charge is -2.10. The standard InChI is InChI=1S/C16H16N2O3/c1-2-19-15-9-11(10-17)7-8-14(15)21-16-18-12-5-3-4-6-13(12)20-16/h3-9H,2,10,17H2,1H3. The molecule has 0 radical (unpaired) electrons. The van der Waals surface area contributed by atoms with Crippen LogP contribution in [0.3, 0.4) is 0 Å². The number of nitrogens with two attached hydrogens (primary N) is 1. The number of benzene rings is 2. The van der Waals surface area contributed by atoms with Gasteiger partial charge in [0.15, 0.2) is 17.1 Å². The van der Waals surface area contributed by atoms with E-state index < -0.39 is 0 Å². The Bertz CT molecular complexity index is 719. The molecule has 108 valence electrons. The molecular formula is C16H16N2O3. The van der Waals surface area contributed by atoms with Crippen LogP contribution in [0.2, 0.25) is 0 Å². The third kappa shape index (κ3) is 2.83. The van der Waals surface area contributed by atoms with Gasteiger partial charge >= 0.3 is 6.08 Å². The van der Waals surface area contributed by atoms with Gasteiger partial charge in [0, 0.05) is 6.54 Å². The fourth-order valence-corrected chi connectivity index (χ4v) is 2.02. The van der Waals surface area contributed by atoms with Crippen LogP contribution < -0.4 is 15.2 Å². The third-order valence-electron chi connectivity index (χ3n) is 3.02. The predicted molar refractivity (Wildman–Crippen MR) is 79.6 cm³/mol. The van der Waals surface area contributed by atoms with E-state index in [1.165, 1.54) is 0 Å². The first-order valence-electron chi connectivity index (χ1n) is 6.79. The van der Waals surface area contributed by atoms with E-state index in [-0.39, 0.29) is 6.08 Å². The number of fused-ring (bicyclic) bond motifs is 1. The molecule has 0 saturated carbocycles. The number of nitrogens with zero attached hydrogens (tertiary/aromatic N) is 1. The van der Waals surface area contributed by atoms with Gasteiger partial charge in [0.2, 0.25) is 0 Å². The van der Waals surface area contributed by atoms with Gasteiger partial charge in [-0.25, -0.2) is 0 Å². The molecule has 1 aromatic heterocycles. The summed E-state index contributed by atoms with van der Waals surface area (Å²) in [6.45, 7) is 2.90. The summed E-state index contributed by atoms with van der Waals surface area (Å²) in [6.07, 6.45) is 0.192. The van der Waals surface area contributed by atoms with Crippen LogP contribution in [0.4, 0.5) is 0 Å². The molecule has 0 bridgehead atoms. The molecule has 2 aromatic carbocycles. The molecule has 5 nitrogen and oxygen atoms in total. The SMILES string of the molecule is CCOc1cc(CN)ccc1Oc1nc2ccccc2o1. The lowest BCUT2D eigenvalue weighted by atomic mass is 10.2. The number of rotatable bonds is 5. The van der Waals surface area contributed by atoms with Crippen LogP contribution in [0, 0.1) is 0 Å². The maximum Gasteiger partial charge on any atom is 0.400 e. The molecule has 0 atom stereocenters. The van der Waals surface area contributed by atoms with Gasteiger partial charge in [0.05, 0.1) is 6.61 Å². The molecule has 2 N–H and O–H groups in total. The van der Waals surface area contributed by atoms with Gasteiger partial charge in [-0.2, -0.15) is 4.98 Å². The maximum absolute atomic E-state index is 5.70. The zero-order valence-electron chi connectivity index (χ0n) is 11.7. The smallest absolute Gasteiger partial charge is 0.400 e. The highest BCUT2D eigenvalue weighted by molar-refractivity contribution is 5.72. The molecule has 0 aliphatic rings. The Morgan fingerprint density at radius 2 is 2.00 bits per heavy atom. The van der Waals surface area contributed by atoms with Crippen molar-refractivity contribution in [3.63, 3.8) is 0 Å². The minimum absolute atomic E-state index is 0.192. The average molecular weight is 284 g/mol. The summed E-state index contributed by atoms with van der Waals surface area (Å²) >= 11 is 0. The minimum Gasteiger partial charge on any atom is -0.490 e. The van der Waals surface area contributed by atoms with Crippen molar-refractivity contribution < 1.29 is 13.9 Å². The van der Waals surface area contributed by atoms with E-state index in [9.17, 15) is 0 Å². The number of hydrogen-bond acceptors (Lipinski definition) is 5. The van der Waals surface area contributed by atoms with Gasteiger partial charge in [-0.15, -0.1) is 0 Å². The van der Waals surface area contributed by atoms with Gasteiger partial charge in [0.1, 0.15) is 5.52 Å². The number of oxazole rings is 1. The van der Waals surface area contributed by atoms with Crippen LogP contribution in [0.15, 0.2) is 46.9 Å². The first-order valence-corrected chi connectivity index (χ1v) is 6.79. The van der Waals surface area contributed by atoms with Crippen LogP contribution in [0.1, 0.15) is 12.5 Å². The lowest BCUT2D eigenvalue weighted by Crippen LogP contribution is -2.00. The first kappa shape index (κ1) is 13.5. The Hall–Kier alpha value is -2.53. The Morgan fingerprint density at radius 3 is 2.76 bits per heavy atom. The van der Waals surface area contributed by atoms with Crippen molar-refractivity contribution >= 4 is 11.1 Å². The summed E-state index contributed by atoms with van der Waals surface area (Å²) in [5.74, 6) is 1.18. The van der Waals surface area contributed by atoms with Crippen LogP contribution >= 0.6 is 0 Å². The molecule has 0 fully saturated rings. The zero-order valence-corrected chi connectivity index (χ0v) is 11.7. The molecule has 0 unspecified atom stereocenters. The summed E-state index contributed by atoms with van der Waals surface area (Å²) in [6, 6.07) is 13.1. The van der Waals surface area contributed by atoms with E-state index in [0.717, 1.165) is 11.1 Å². The van der Waals surface area contributed by atoms with Crippen molar-refractivity contribution in [2.75, 3.05) is 6.61 Å². The second kappa shape index (κ2) is 5.85. The highest BCUT2D eigenvalue weighted by atomic mass is 16.6. The van der Waals surface area contributed by atoms with Gasteiger partial charge in [-0.05, 0) is 36.8 Å². The second-order valence-electron chi connectivity index (χ2n) is 4.47. The lowest BCUT2D eigenvalue weighted by molar-refractivity contribution is 0.295. The van der Waals surface area contributed by atoms with E-state index in [1.807, 2.05) is 49.4 Å². The zero-order chi connectivity index (χ0) is 14.7. The molecule has 1 heterocycles. The van der Waals surface area contributed by atoms with Gasteiger partial charge in [-0.3, -0.25) is 0 Å². The third-order valence-corrected chi connectivity index (χ3v) is 3.02. The van der Waals surface area contributed by atoms with E-state index in [0.29, 0.717) is 30.2 Å². The Kier molecular flexibility index (Phi) is 3.75. The van der Waals surface area contributed by atoms with Crippen molar-refractivity contribution in [1.29, 1.82) is 0 Å². The Balaban J connectivity index is 1.92. The van der Waals surface area contributed by atoms with Crippen molar-refractivity contribution in [1.82, 2.24) is 4.98 Å². The summed E-state index contributed by atoms with van der Waals surface area (Å²) in [5.41, 5.74) is 8.05. The highest BCUT2D eigenvalue weighted by Gasteiger charge is 2.12. The van der Waals surface area contributed by atoms with E-state index in [2.05, 4.69) is 4.98 Å². The molecule has 0 aliphatic heterocycles. The predicted octanol–water partition coefficient (Wildman–Crippen LogP) is 3.48. The summed E-state index contributed by atoms with van der Waals surface area (Å²) in [7, 11) is 0. The first-order chi connectivity index (χ1) is 10.3. The van der Waals surface area contributed by atoms with Crippen LogP contribution in [0.5, 0.6) is 17.6 Å². The van der Waals surface area contributed by atoms with Crippen LogP contribution in [-0.4, -0.2) is 11.6 Å². The summed E-state index contributed by atoms with van der Waals surface area (Å²) in [5, 5.41) is 0. The molecule has 5 heteroatoms. The van der Waals surface area contributed by atoms with Crippen molar-refractivity contribution in [2.24, 2.45) is 5.73 Å². The molecule has 0 aliphatic carbocycles. The molecular weight excluding hydrogens is 268 g/mol. The van der Waals surface area contributed by atoms with E-state index >= 15 is 0 Å². The number of hydrogen-bond donors (Lipinski definition) is 1. The fraction of sp³-hybridized carbons (Fsp3) is 0.188. The maximum atomic E-state index is 5.70. The van der Waals surface area contributed by atoms with Gasteiger partial charge in [0.25, 0.3) is 0 Å². The number of aromatic nitrogens is 1. The molecule has 3 aromatic rings. The van der Waals surface area contributed by atoms with Gasteiger partial charge < -0.3 is 19.6 Å². The van der Waals surface area contributed by atoms with Crippen molar-refractivity contribution in [2.45, 2.75) is 13.5 Å². The Morgan fingerprint density at radius 1 is 1.14 bits per heavy atom. The molecule has 0 saturated heterocycles. The fourth-order valence-electron chi connectivity index (χ4n) is 2.02. The summed E-state index contributed by atoms with van der Waals surface area (Å²) in [4.78, 5) is 4.28. The largest absolute Gasteiger partial charge is 0.490 e. The molecule has 21 heavy (non-hydrogen) atoms. The molecule has 0 amide bonds. The average Bonchev–Trinajstić information content (AvgIpc) is 2.91. The molecule has 0 spiro atoms. The topological polar surface area (TPSA) is 70.5 Å². The summed E-state index contributed by atoms with van der Waals surface area (Å²) < 4.78 is 16.8. The van der Waals surface area contributed by atoms with Crippen molar-refractivity contribution in [3.8, 4) is 17.6 Å². The van der Waals surface area contributed by atoms with E-state index in [4.69, 9.17) is 19.6 Å². The van der Waals surface area contributed by atoms with Crippen LogP contribution in [0.25, 0.3) is 11.1 Å². The molecule has 3 rings (SSSR count). The highest BCUT2D eigenvalue weighted by Crippen LogP contribution is 2.33.